The van der Waals surface area contributed by atoms with Crippen molar-refractivity contribution < 1.29 is 9.59 Å². The topological polar surface area (TPSA) is 49.4 Å². The van der Waals surface area contributed by atoms with Crippen LogP contribution in [0.25, 0.3) is 11.1 Å². The summed E-state index contributed by atoms with van der Waals surface area (Å²) in [6.07, 6.45) is 1.37. The highest BCUT2D eigenvalue weighted by molar-refractivity contribution is 5.95. The van der Waals surface area contributed by atoms with Gasteiger partial charge in [-0.2, -0.15) is 0 Å². The van der Waals surface area contributed by atoms with Crippen molar-refractivity contribution in [3.8, 4) is 11.1 Å². The summed E-state index contributed by atoms with van der Waals surface area (Å²) in [5, 5.41) is 3.04. The number of piperidine rings is 1. The monoisotopic (exact) mass is 398 g/mol. The zero-order chi connectivity index (χ0) is 20.9. The van der Waals surface area contributed by atoms with Crippen LogP contribution in [0, 0.1) is 12.8 Å². The van der Waals surface area contributed by atoms with Gasteiger partial charge in [-0.1, -0.05) is 60.2 Å². The van der Waals surface area contributed by atoms with Gasteiger partial charge in [-0.25, -0.2) is 0 Å². The van der Waals surface area contributed by atoms with Crippen LogP contribution in [-0.4, -0.2) is 29.8 Å². The lowest BCUT2D eigenvalue weighted by atomic mass is 9.95. The van der Waals surface area contributed by atoms with Crippen LogP contribution < -0.4 is 5.32 Å². The Hall–Kier alpha value is -3.40. The van der Waals surface area contributed by atoms with Crippen molar-refractivity contribution in [2.75, 3.05) is 18.4 Å². The van der Waals surface area contributed by atoms with E-state index in [4.69, 9.17) is 0 Å². The van der Waals surface area contributed by atoms with Crippen molar-refractivity contribution in [1.29, 1.82) is 0 Å². The summed E-state index contributed by atoms with van der Waals surface area (Å²) in [6.45, 7) is 3.30. The SMILES string of the molecule is Cc1cccc(-c2ccc(NC(=O)C3CCN(C(=O)c4ccccc4)CC3)cc2)c1. The smallest absolute Gasteiger partial charge is 0.253 e. The van der Waals surface area contributed by atoms with Crippen molar-refractivity contribution in [2.24, 2.45) is 5.92 Å². The van der Waals surface area contributed by atoms with Gasteiger partial charge < -0.3 is 10.2 Å². The minimum Gasteiger partial charge on any atom is -0.339 e. The highest BCUT2D eigenvalue weighted by Crippen LogP contribution is 2.24. The molecule has 0 aliphatic carbocycles. The van der Waals surface area contributed by atoms with Gasteiger partial charge in [0.1, 0.15) is 0 Å². The number of hydrogen-bond donors (Lipinski definition) is 1. The van der Waals surface area contributed by atoms with E-state index in [0.29, 0.717) is 31.5 Å². The van der Waals surface area contributed by atoms with Crippen molar-refractivity contribution in [2.45, 2.75) is 19.8 Å². The molecule has 4 heteroatoms. The number of rotatable bonds is 4. The number of carbonyl (C=O) groups excluding carboxylic acids is 2. The van der Waals surface area contributed by atoms with Gasteiger partial charge in [0.15, 0.2) is 0 Å². The van der Waals surface area contributed by atoms with E-state index >= 15 is 0 Å². The Morgan fingerprint density at radius 2 is 1.53 bits per heavy atom. The van der Waals surface area contributed by atoms with Gasteiger partial charge in [-0.3, -0.25) is 9.59 Å². The second-order valence-electron chi connectivity index (χ2n) is 7.87. The lowest BCUT2D eigenvalue weighted by Crippen LogP contribution is -2.41. The largest absolute Gasteiger partial charge is 0.339 e. The molecule has 4 nitrogen and oxygen atoms in total. The van der Waals surface area contributed by atoms with Crippen molar-refractivity contribution in [1.82, 2.24) is 4.90 Å². The quantitative estimate of drug-likeness (QED) is 0.660. The Bertz CT molecular complexity index is 1020. The first-order valence-electron chi connectivity index (χ1n) is 10.4. The van der Waals surface area contributed by atoms with Crippen LogP contribution in [0.15, 0.2) is 78.9 Å². The molecule has 1 saturated heterocycles. The number of likely N-dealkylation sites (tertiary alicyclic amines) is 1. The number of amides is 2. The van der Waals surface area contributed by atoms with E-state index in [2.05, 4.69) is 36.5 Å². The highest BCUT2D eigenvalue weighted by Gasteiger charge is 2.27. The zero-order valence-electron chi connectivity index (χ0n) is 17.2. The second-order valence-corrected chi connectivity index (χ2v) is 7.87. The summed E-state index contributed by atoms with van der Waals surface area (Å²) in [7, 11) is 0. The summed E-state index contributed by atoms with van der Waals surface area (Å²) in [4.78, 5) is 27.1. The molecular weight excluding hydrogens is 372 g/mol. The molecule has 3 aromatic rings. The first-order chi connectivity index (χ1) is 14.6. The Balaban J connectivity index is 1.32. The van der Waals surface area contributed by atoms with E-state index in [-0.39, 0.29) is 17.7 Å². The van der Waals surface area contributed by atoms with E-state index in [9.17, 15) is 9.59 Å². The van der Waals surface area contributed by atoms with Gasteiger partial charge in [0.05, 0.1) is 0 Å². The molecule has 1 fully saturated rings. The van der Waals surface area contributed by atoms with Gasteiger partial charge in [-0.05, 0) is 55.2 Å². The average Bonchev–Trinajstić information content (AvgIpc) is 2.80. The molecule has 1 aliphatic rings. The normalized spacial score (nSPS) is 14.4. The molecule has 152 valence electrons. The third-order valence-corrected chi connectivity index (χ3v) is 5.68. The van der Waals surface area contributed by atoms with Crippen LogP contribution in [0.5, 0.6) is 0 Å². The molecule has 4 rings (SSSR count). The van der Waals surface area contributed by atoms with E-state index in [1.165, 1.54) is 11.1 Å². The Morgan fingerprint density at radius 1 is 0.833 bits per heavy atom. The first-order valence-corrected chi connectivity index (χ1v) is 10.4. The van der Waals surface area contributed by atoms with E-state index in [0.717, 1.165) is 11.3 Å². The summed E-state index contributed by atoms with van der Waals surface area (Å²) in [5.74, 6) is 0.00702. The Kier molecular flexibility index (Phi) is 5.94. The molecule has 0 saturated carbocycles. The highest BCUT2D eigenvalue weighted by atomic mass is 16.2. The summed E-state index contributed by atoms with van der Waals surface area (Å²) in [5.41, 5.74) is 5.03. The Labute approximate surface area is 177 Å². The molecular formula is C26H26N2O2. The maximum absolute atomic E-state index is 12.7. The second kappa shape index (κ2) is 8.95. The number of benzene rings is 3. The van der Waals surface area contributed by atoms with E-state index in [1.807, 2.05) is 59.5 Å². The van der Waals surface area contributed by atoms with Gasteiger partial charge in [0, 0.05) is 30.3 Å². The van der Waals surface area contributed by atoms with E-state index in [1.54, 1.807) is 0 Å². The number of carbonyl (C=O) groups is 2. The number of hydrogen-bond acceptors (Lipinski definition) is 2. The lowest BCUT2D eigenvalue weighted by molar-refractivity contribution is -0.121. The fraction of sp³-hybridized carbons (Fsp3) is 0.231. The predicted octanol–water partition coefficient (Wildman–Crippen LogP) is 5.15. The Morgan fingerprint density at radius 3 is 2.20 bits per heavy atom. The summed E-state index contributed by atoms with van der Waals surface area (Å²) < 4.78 is 0. The van der Waals surface area contributed by atoms with Gasteiger partial charge >= 0.3 is 0 Å². The predicted molar refractivity (Wildman–Crippen MR) is 120 cm³/mol. The fourth-order valence-corrected chi connectivity index (χ4v) is 3.92. The van der Waals surface area contributed by atoms with Crippen LogP contribution in [0.4, 0.5) is 5.69 Å². The van der Waals surface area contributed by atoms with Gasteiger partial charge in [-0.15, -0.1) is 0 Å². The molecule has 30 heavy (non-hydrogen) atoms. The van der Waals surface area contributed by atoms with Crippen LogP contribution in [0.1, 0.15) is 28.8 Å². The van der Waals surface area contributed by atoms with Crippen LogP contribution >= 0.6 is 0 Å². The maximum Gasteiger partial charge on any atom is 0.253 e. The molecule has 3 aromatic carbocycles. The van der Waals surface area contributed by atoms with Crippen LogP contribution in [0.2, 0.25) is 0 Å². The van der Waals surface area contributed by atoms with E-state index < -0.39 is 0 Å². The number of nitrogens with one attached hydrogen (secondary N) is 1. The number of anilines is 1. The van der Waals surface area contributed by atoms with Gasteiger partial charge in [0.25, 0.3) is 5.91 Å². The standard InChI is InChI=1S/C26H26N2O2/c1-19-6-5-9-23(18-19)20-10-12-24(13-11-20)27-25(29)21-14-16-28(17-15-21)26(30)22-7-3-2-4-8-22/h2-13,18,21H,14-17H2,1H3,(H,27,29). The summed E-state index contributed by atoms with van der Waals surface area (Å²) >= 11 is 0. The molecule has 1 heterocycles. The van der Waals surface area contributed by atoms with Crippen molar-refractivity contribution in [3.05, 3.63) is 90.0 Å². The fourth-order valence-electron chi connectivity index (χ4n) is 3.92. The van der Waals surface area contributed by atoms with Crippen LogP contribution in [0.3, 0.4) is 0 Å². The zero-order valence-corrected chi connectivity index (χ0v) is 17.2. The maximum atomic E-state index is 12.7. The summed E-state index contributed by atoms with van der Waals surface area (Å²) in [6, 6.07) is 25.7. The number of aryl methyl sites for hydroxylation is 1. The molecule has 0 atom stereocenters. The van der Waals surface area contributed by atoms with Crippen molar-refractivity contribution >= 4 is 17.5 Å². The molecule has 1 N–H and O–H groups in total. The minimum absolute atomic E-state index is 0.0325. The molecule has 0 bridgehead atoms. The molecule has 2 amide bonds. The lowest BCUT2D eigenvalue weighted by Gasteiger charge is -2.31. The minimum atomic E-state index is -0.0683. The molecule has 0 aromatic heterocycles. The van der Waals surface area contributed by atoms with Crippen LogP contribution in [-0.2, 0) is 4.79 Å². The molecule has 1 aliphatic heterocycles. The molecule has 0 unspecified atom stereocenters. The number of nitrogens with zero attached hydrogens (tertiary/aromatic N) is 1. The van der Waals surface area contributed by atoms with Gasteiger partial charge in [0.2, 0.25) is 5.91 Å². The molecule has 0 radical (unpaired) electrons. The van der Waals surface area contributed by atoms with Crippen molar-refractivity contribution in [3.63, 3.8) is 0 Å². The third kappa shape index (κ3) is 4.60. The molecule has 0 spiro atoms. The first kappa shape index (κ1) is 19.9. The average molecular weight is 399 g/mol. The third-order valence-electron chi connectivity index (χ3n) is 5.68.